The van der Waals surface area contributed by atoms with Crippen LogP contribution in [0.4, 0.5) is 10.7 Å². The van der Waals surface area contributed by atoms with Crippen LogP contribution in [0, 0.1) is 0 Å². The van der Waals surface area contributed by atoms with Gasteiger partial charge in [-0.3, -0.25) is 10.7 Å². The number of aromatic amines is 1. The highest BCUT2D eigenvalue weighted by molar-refractivity contribution is 5.96. The molecule has 0 aliphatic carbocycles. The number of ether oxygens (including phenoxy) is 1. The molecule has 0 aromatic carbocycles. The van der Waals surface area contributed by atoms with E-state index in [1.807, 2.05) is 6.92 Å². The first kappa shape index (κ1) is 22.8. The summed E-state index contributed by atoms with van der Waals surface area (Å²) >= 11 is 0. The molecule has 0 unspecified atom stereocenters. The van der Waals surface area contributed by atoms with Gasteiger partial charge in [0.2, 0.25) is 11.6 Å². The molecule has 0 fully saturated rings. The van der Waals surface area contributed by atoms with Gasteiger partial charge < -0.3 is 26.3 Å². The lowest BCUT2D eigenvalue weighted by Gasteiger charge is -2.35. The number of guanidine groups is 1. The lowest BCUT2D eigenvalue weighted by Crippen LogP contribution is -2.64. The Hall–Kier alpha value is -3.48. The van der Waals surface area contributed by atoms with Crippen LogP contribution >= 0.6 is 0 Å². The third-order valence-electron chi connectivity index (χ3n) is 4.30. The first-order valence-corrected chi connectivity index (χ1v) is 9.50. The molecule has 1 atom stereocenters. The molecule has 13 heteroatoms. The number of carboxylic acid groups (broad SMARTS) is 1. The van der Waals surface area contributed by atoms with E-state index >= 15 is 0 Å². The Morgan fingerprint density at radius 3 is 2.73 bits per heavy atom. The first-order valence-electron chi connectivity index (χ1n) is 9.50. The molecule has 0 radical (unpaired) electrons. The van der Waals surface area contributed by atoms with Gasteiger partial charge in [0.15, 0.2) is 11.6 Å². The molecule has 0 saturated carbocycles. The van der Waals surface area contributed by atoms with E-state index in [0.29, 0.717) is 11.9 Å². The second-order valence-corrected chi connectivity index (χ2v) is 6.61. The smallest absolute Gasteiger partial charge is 0.418 e. The Morgan fingerprint density at radius 2 is 2.07 bits per heavy atom. The number of nitrogens with zero attached hydrogens (tertiary/aromatic N) is 5. The molecule has 2 aromatic heterocycles. The zero-order valence-electron chi connectivity index (χ0n) is 16.7. The minimum Gasteiger partial charge on any atom is -0.478 e. The van der Waals surface area contributed by atoms with Crippen LogP contribution in [-0.4, -0.2) is 61.9 Å². The molecule has 0 bridgehead atoms. The summed E-state index contributed by atoms with van der Waals surface area (Å²) in [5.74, 6) is -1.82. The zero-order valence-corrected chi connectivity index (χ0v) is 16.7. The second kappa shape index (κ2) is 10.3. The number of anilines is 1. The number of nitrogens with one attached hydrogen (secondary N) is 1. The molecule has 30 heavy (non-hydrogen) atoms. The number of carbonyl (C=O) groups is 2. The van der Waals surface area contributed by atoms with E-state index in [1.165, 1.54) is 12.5 Å². The average molecular weight is 421 g/mol. The number of unbranched alkanes of at least 4 members (excludes halogenated alkanes) is 2. The van der Waals surface area contributed by atoms with Gasteiger partial charge >= 0.3 is 12.1 Å². The van der Waals surface area contributed by atoms with Gasteiger partial charge in [-0.25, -0.2) is 24.5 Å². The molecule has 8 N–H and O–H groups in total. The fourth-order valence-corrected chi connectivity index (χ4v) is 2.70. The van der Waals surface area contributed by atoms with Crippen molar-refractivity contribution in [1.82, 2.24) is 19.9 Å². The molecule has 0 aliphatic rings. The van der Waals surface area contributed by atoms with Gasteiger partial charge in [0.25, 0.3) is 0 Å². The number of hydrogen-bond donors (Lipinski definition) is 5. The van der Waals surface area contributed by atoms with Crippen LogP contribution in [0.3, 0.4) is 0 Å². The number of rotatable bonds is 11. The number of carbonyl (C=O) groups excluding carboxylic acids is 1. The number of carboxylic acids is 1. The van der Waals surface area contributed by atoms with E-state index in [9.17, 15) is 14.7 Å². The summed E-state index contributed by atoms with van der Waals surface area (Å²) in [6.45, 7) is 2.25. The van der Waals surface area contributed by atoms with Gasteiger partial charge in [0, 0.05) is 6.54 Å². The van der Waals surface area contributed by atoms with Gasteiger partial charge in [-0.05, 0) is 19.3 Å². The van der Waals surface area contributed by atoms with Crippen LogP contribution in [-0.2, 0) is 9.53 Å². The number of aromatic nitrogens is 4. The van der Waals surface area contributed by atoms with Crippen molar-refractivity contribution in [3.63, 3.8) is 0 Å². The number of aliphatic carboxylic acids is 1. The van der Waals surface area contributed by atoms with E-state index < -0.39 is 17.7 Å². The average Bonchev–Trinajstić information content (AvgIpc) is 3.16. The highest BCUT2D eigenvalue weighted by atomic mass is 16.6. The van der Waals surface area contributed by atoms with Crippen molar-refractivity contribution in [2.24, 2.45) is 22.2 Å². The zero-order chi connectivity index (χ0) is 22.1. The summed E-state index contributed by atoms with van der Waals surface area (Å²) in [7, 11) is 0. The van der Waals surface area contributed by atoms with Crippen molar-refractivity contribution >= 4 is 35.1 Å². The van der Waals surface area contributed by atoms with E-state index in [0.717, 1.165) is 17.7 Å². The molecular formula is C17H27N9O4. The predicted molar refractivity (Wildman–Crippen MR) is 110 cm³/mol. The lowest BCUT2D eigenvalue weighted by molar-refractivity contribution is -0.143. The van der Waals surface area contributed by atoms with Crippen molar-refractivity contribution in [2.75, 3.05) is 18.1 Å². The van der Waals surface area contributed by atoms with E-state index in [-0.39, 0.29) is 43.5 Å². The lowest BCUT2D eigenvalue weighted by atomic mass is 10.0. The standard InChI is InChI=1S/C17H27N9O4/c1-2-3-4-8-30-16(29)26(15-22-9-11-12(25-15)24-10-23-11)17(20,13(27)28)6-5-7-21-14(18)19/h9-10H,2-8,20H2,1H3,(H,27,28)(H4,18,19,21)(H,22,23,24,25)/t17-/m0/s1. The third kappa shape index (κ3) is 5.53. The number of nitrogens with two attached hydrogens (primary N) is 3. The highest BCUT2D eigenvalue weighted by Gasteiger charge is 2.46. The molecule has 2 aromatic rings. The number of amides is 1. The summed E-state index contributed by atoms with van der Waals surface area (Å²) in [6.07, 6.45) is 4.24. The fraction of sp³-hybridized carbons (Fsp3) is 0.529. The Labute approximate surface area is 172 Å². The molecule has 2 heterocycles. The summed E-state index contributed by atoms with van der Waals surface area (Å²) in [5.41, 5.74) is 15.3. The number of H-pyrrole nitrogens is 1. The Kier molecular flexibility index (Phi) is 7.86. The van der Waals surface area contributed by atoms with E-state index in [1.54, 1.807) is 0 Å². The minimum absolute atomic E-state index is 0.109. The SMILES string of the molecule is CCCCCOC(=O)N(c1ncc2[nH]cnc2n1)[C@@](N)(CCCN=C(N)N)C(=O)O. The molecule has 0 spiro atoms. The van der Waals surface area contributed by atoms with Crippen LogP contribution < -0.4 is 22.1 Å². The van der Waals surface area contributed by atoms with E-state index in [4.69, 9.17) is 21.9 Å². The predicted octanol–water partition coefficient (Wildman–Crippen LogP) is 0.279. The minimum atomic E-state index is -2.19. The summed E-state index contributed by atoms with van der Waals surface area (Å²) in [6, 6.07) is 0. The largest absolute Gasteiger partial charge is 0.478 e. The summed E-state index contributed by atoms with van der Waals surface area (Å²) < 4.78 is 5.26. The van der Waals surface area contributed by atoms with E-state index in [2.05, 4.69) is 24.9 Å². The fourth-order valence-electron chi connectivity index (χ4n) is 2.70. The summed E-state index contributed by atoms with van der Waals surface area (Å²) in [4.78, 5) is 44.6. The maximum atomic E-state index is 12.9. The first-order chi connectivity index (χ1) is 14.3. The van der Waals surface area contributed by atoms with Crippen LogP contribution in [0.5, 0.6) is 0 Å². The van der Waals surface area contributed by atoms with Crippen molar-refractivity contribution in [3.8, 4) is 0 Å². The molecule has 13 nitrogen and oxygen atoms in total. The number of imidazole rings is 1. The Morgan fingerprint density at radius 1 is 1.30 bits per heavy atom. The molecule has 0 aliphatic heterocycles. The molecule has 164 valence electrons. The molecule has 1 amide bonds. The molecule has 0 saturated heterocycles. The van der Waals surface area contributed by atoms with Crippen molar-refractivity contribution in [3.05, 3.63) is 12.5 Å². The monoisotopic (exact) mass is 421 g/mol. The van der Waals surface area contributed by atoms with Crippen molar-refractivity contribution < 1.29 is 19.4 Å². The Bertz CT molecular complexity index is 896. The molecular weight excluding hydrogens is 394 g/mol. The van der Waals surface area contributed by atoms with Gasteiger partial charge in [-0.15, -0.1) is 0 Å². The Balaban J connectivity index is 2.36. The molecule has 2 rings (SSSR count). The maximum Gasteiger partial charge on any atom is 0.418 e. The number of hydrogen-bond acceptors (Lipinski definition) is 8. The van der Waals surface area contributed by atoms with Gasteiger partial charge in [-0.2, -0.15) is 4.98 Å². The topological polar surface area (TPSA) is 212 Å². The van der Waals surface area contributed by atoms with Gasteiger partial charge in [-0.1, -0.05) is 19.8 Å². The quantitative estimate of drug-likeness (QED) is 0.145. The maximum absolute atomic E-state index is 12.9. The second-order valence-electron chi connectivity index (χ2n) is 6.61. The van der Waals surface area contributed by atoms with Crippen molar-refractivity contribution in [1.29, 1.82) is 0 Å². The van der Waals surface area contributed by atoms with Gasteiger partial charge in [0.05, 0.1) is 19.1 Å². The van der Waals surface area contributed by atoms with Crippen LogP contribution in [0.25, 0.3) is 11.2 Å². The number of aliphatic imine (C=N–C) groups is 1. The van der Waals surface area contributed by atoms with Crippen molar-refractivity contribution in [2.45, 2.75) is 44.7 Å². The summed E-state index contributed by atoms with van der Waals surface area (Å²) in [5, 5.41) is 9.87. The van der Waals surface area contributed by atoms with Crippen LogP contribution in [0.1, 0.15) is 39.0 Å². The van der Waals surface area contributed by atoms with Crippen LogP contribution in [0.2, 0.25) is 0 Å². The third-order valence-corrected chi connectivity index (χ3v) is 4.30. The highest BCUT2D eigenvalue weighted by Crippen LogP contribution is 2.24. The van der Waals surface area contributed by atoms with Crippen LogP contribution in [0.15, 0.2) is 17.5 Å². The normalized spacial score (nSPS) is 12.9. The number of fused-ring (bicyclic) bond motifs is 1. The van der Waals surface area contributed by atoms with Gasteiger partial charge in [0.1, 0.15) is 5.52 Å².